The Morgan fingerprint density at radius 1 is 1.09 bits per heavy atom. The van der Waals surface area contributed by atoms with Gasteiger partial charge in [-0.3, -0.25) is 4.98 Å². The first kappa shape index (κ1) is 22.7. The molecule has 0 saturated heterocycles. The van der Waals surface area contributed by atoms with Crippen LogP contribution in [0.1, 0.15) is 48.1 Å². The summed E-state index contributed by atoms with van der Waals surface area (Å²) in [6, 6.07) is 11.2. The predicted molar refractivity (Wildman–Crippen MR) is 123 cm³/mol. The van der Waals surface area contributed by atoms with Crippen molar-refractivity contribution in [2.45, 2.75) is 44.3 Å². The summed E-state index contributed by atoms with van der Waals surface area (Å²) in [6.45, 7) is 0.975. The molecular formula is C26H26ClF3N2. The van der Waals surface area contributed by atoms with Crippen LogP contribution < -0.4 is 0 Å². The van der Waals surface area contributed by atoms with Crippen LogP contribution in [0.3, 0.4) is 0 Å². The molecule has 2 aliphatic rings. The van der Waals surface area contributed by atoms with Gasteiger partial charge in [0, 0.05) is 36.8 Å². The third-order valence-electron chi connectivity index (χ3n) is 6.24. The molecule has 2 aromatic rings. The molecule has 1 aromatic carbocycles. The van der Waals surface area contributed by atoms with Gasteiger partial charge in [0.15, 0.2) is 0 Å². The third kappa shape index (κ3) is 5.44. The van der Waals surface area contributed by atoms with E-state index in [1.165, 1.54) is 17.2 Å². The van der Waals surface area contributed by atoms with E-state index in [9.17, 15) is 13.2 Å². The van der Waals surface area contributed by atoms with Crippen LogP contribution in [0.15, 0.2) is 72.6 Å². The molecule has 0 amide bonds. The van der Waals surface area contributed by atoms with Crippen LogP contribution in [-0.4, -0.2) is 28.4 Å². The van der Waals surface area contributed by atoms with E-state index in [-0.39, 0.29) is 0 Å². The van der Waals surface area contributed by atoms with E-state index in [4.69, 9.17) is 11.6 Å². The van der Waals surface area contributed by atoms with Gasteiger partial charge in [0.25, 0.3) is 0 Å². The molecule has 0 radical (unpaired) electrons. The summed E-state index contributed by atoms with van der Waals surface area (Å²) in [6.07, 6.45) is 9.85. The Bertz CT molecular complexity index is 1010. The monoisotopic (exact) mass is 458 g/mol. The van der Waals surface area contributed by atoms with Crippen LogP contribution in [0.25, 0.3) is 5.57 Å². The average Bonchev–Trinajstić information content (AvgIpc) is 2.81. The Hall–Kier alpha value is -2.53. The number of halogens is 4. The zero-order valence-corrected chi connectivity index (χ0v) is 18.5. The van der Waals surface area contributed by atoms with Gasteiger partial charge >= 0.3 is 6.18 Å². The number of allylic oxidation sites excluding steroid dienone is 4. The Balaban J connectivity index is 1.46. The minimum atomic E-state index is -4.37. The Morgan fingerprint density at radius 3 is 2.53 bits per heavy atom. The van der Waals surface area contributed by atoms with Gasteiger partial charge in [-0.1, -0.05) is 42.0 Å². The maximum Gasteiger partial charge on any atom is 0.417 e. The number of aromatic nitrogens is 1. The van der Waals surface area contributed by atoms with Gasteiger partial charge in [-0.25, -0.2) is 0 Å². The molecule has 1 fully saturated rings. The van der Waals surface area contributed by atoms with E-state index in [2.05, 4.69) is 46.4 Å². The van der Waals surface area contributed by atoms with Gasteiger partial charge < -0.3 is 4.90 Å². The summed E-state index contributed by atoms with van der Waals surface area (Å²) in [5.41, 5.74) is 4.59. The second-order valence-electron chi connectivity index (χ2n) is 8.33. The third-order valence-corrected chi connectivity index (χ3v) is 6.51. The van der Waals surface area contributed by atoms with E-state index >= 15 is 0 Å². The van der Waals surface area contributed by atoms with Crippen LogP contribution in [0.5, 0.6) is 0 Å². The highest BCUT2D eigenvalue weighted by atomic mass is 35.5. The molecule has 0 unspecified atom stereocenters. The van der Waals surface area contributed by atoms with Crippen LogP contribution in [0.4, 0.5) is 13.2 Å². The van der Waals surface area contributed by atoms with Crippen molar-refractivity contribution in [3.05, 3.63) is 95.0 Å². The second kappa shape index (κ2) is 9.95. The molecule has 1 saturated carbocycles. The Labute approximate surface area is 192 Å². The largest absolute Gasteiger partial charge is 0.417 e. The lowest BCUT2D eigenvalue weighted by Gasteiger charge is -2.35. The highest BCUT2D eigenvalue weighted by molar-refractivity contribution is 6.23. The van der Waals surface area contributed by atoms with Crippen molar-refractivity contribution in [3.63, 3.8) is 0 Å². The fourth-order valence-corrected chi connectivity index (χ4v) is 4.83. The van der Waals surface area contributed by atoms with Crippen molar-refractivity contribution in [1.29, 1.82) is 0 Å². The van der Waals surface area contributed by atoms with E-state index in [0.29, 0.717) is 24.0 Å². The fourth-order valence-electron chi connectivity index (χ4n) is 4.49. The molecule has 0 spiro atoms. The van der Waals surface area contributed by atoms with Crippen LogP contribution in [0.2, 0.25) is 0 Å². The number of alkyl halides is 4. The van der Waals surface area contributed by atoms with E-state index in [1.54, 1.807) is 0 Å². The maximum atomic E-state index is 12.8. The van der Waals surface area contributed by atoms with E-state index in [1.807, 2.05) is 12.1 Å². The van der Waals surface area contributed by atoms with Gasteiger partial charge in [0.2, 0.25) is 0 Å². The zero-order valence-electron chi connectivity index (χ0n) is 17.8. The number of benzene rings is 1. The first-order valence-corrected chi connectivity index (χ1v) is 11.4. The van der Waals surface area contributed by atoms with Crippen molar-refractivity contribution < 1.29 is 13.2 Å². The molecule has 0 bridgehead atoms. The summed E-state index contributed by atoms with van der Waals surface area (Å²) in [7, 11) is 0. The van der Waals surface area contributed by atoms with Gasteiger partial charge in [0.1, 0.15) is 0 Å². The molecule has 32 heavy (non-hydrogen) atoms. The van der Waals surface area contributed by atoms with Crippen molar-refractivity contribution in [2.24, 2.45) is 0 Å². The Morgan fingerprint density at radius 2 is 1.91 bits per heavy atom. The summed E-state index contributed by atoms with van der Waals surface area (Å²) in [4.78, 5) is 6.42. The average molecular weight is 459 g/mol. The molecular weight excluding hydrogens is 433 g/mol. The number of nitrogens with zero attached hydrogens (tertiary/aromatic N) is 2. The second-order valence-corrected chi connectivity index (χ2v) is 8.59. The molecule has 168 valence electrons. The molecule has 6 heteroatoms. The highest BCUT2D eigenvalue weighted by Gasteiger charge is 2.30. The van der Waals surface area contributed by atoms with Gasteiger partial charge in [0.05, 0.1) is 5.56 Å². The molecule has 1 aromatic heterocycles. The molecule has 2 heterocycles. The summed E-state index contributed by atoms with van der Waals surface area (Å²) in [5, 5.41) is 0. The Kier molecular flexibility index (Phi) is 7.04. The lowest BCUT2D eigenvalue weighted by molar-refractivity contribution is -0.137. The maximum absolute atomic E-state index is 12.8. The number of pyridine rings is 1. The molecule has 0 N–H and O–H groups in total. The van der Waals surface area contributed by atoms with Crippen molar-refractivity contribution in [3.8, 4) is 0 Å². The van der Waals surface area contributed by atoms with Gasteiger partial charge in [-0.05, 0) is 66.8 Å². The zero-order chi connectivity index (χ0) is 22.6. The topological polar surface area (TPSA) is 16.1 Å². The van der Waals surface area contributed by atoms with Crippen molar-refractivity contribution >= 4 is 17.2 Å². The predicted octanol–water partition coefficient (Wildman–Crippen LogP) is 7.01. The first-order chi connectivity index (χ1) is 15.4. The SMILES string of the molecule is FC(F)(F)c1ccc(Cc2cccc(C(CCl)=C3CCC(N4C=CC=CC4)CC3)c2)nc1. The number of hydrogen-bond donors (Lipinski definition) is 0. The van der Waals surface area contributed by atoms with Crippen LogP contribution in [-0.2, 0) is 12.6 Å². The van der Waals surface area contributed by atoms with E-state index < -0.39 is 11.7 Å². The number of rotatable bonds is 5. The van der Waals surface area contributed by atoms with Crippen molar-refractivity contribution in [1.82, 2.24) is 9.88 Å². The summed E-state index contributed by atoms with van der Waals surface area (Å²) >= 11 is 6.39. The minimum Gasteiger partial charge on any atom is -0.371 e. The molecule has 0 atom stereocenters. The quantitative estimate of drug-likeness (QED) is 0.448. The fraction of sp³-hybridized carbons (Fsp3) is 0.346. The summed E-state index contributed by atoms with van der Waals surface area (Å²) in [5.74, 6) is 0.453. The molecule has 1 aliphatic heterocycles. The molecule has 1 aliphatic carbocycles. The normalized spacial score (nSPS) is 18.8. The van der Waals surface area contributed by atoms with Crippen molar-refractivity contribution in [2.75, 3.05) is 12.4 Å². The minimum absolute atomic E-state index is 0.453. The van der Waals surface area contributed by atoms with Crippen LogP contribution in [0, 0.1) is 0 Å². The standard InChI is InChI=1S/C26H26ClF3N2/c27-17-25(20-7-11-24(12-8-20)32-13-2-1-3-14-32)21-6-4-5-19(15-21)16-23-10-9-22(18-31-23)26(28,29)30/h1-6,9-10,13,15,18,24H,7-8,11-12,14,16-17H2. The van der Waals surface area contributed by atoms with E-state index in [0.717, 1.165) is 55.6 Å². The van der Waals surface area contributed by atoms with Crippen LogP contribution >= 0.6 is 11.6 Å². The molecule has 4 rings (SSSR count). The van der Waals surface area contributed by atoms with Gasteiger partial charge in [-0.15, -0.1) is 11.6 Å². The molecule has 2 nitrogen and oxygen atoms in total. The first-order valence-electron chi connectivity index (χ1n) is 10.9. The lowest BCUT2D eigenvalue weighted by atomic mass is 9.85. The highest BCUT2D eigenvalue weighted by Crippen LogP contribution is 2.34. The summed E-state index contributed by atoms with van der Waals surface area (Å²) < 4.78 is 38.3. The number of hydrogen-bond acceptors (Lipinski definition) is 2. The lowest BCUT2D eigenvalue weighted by Crippen LogP contribution is -2.34. The smallest absolute Gasteiger partial charge is 0.371 e. The van der Waals surface area contributed by atoms with Gasteiger partial charge in [-0.2, -0.15) is 13.2 Å².